The molecule has 1 fully saturated rings. The Hall–Kier alpha value is -2.68. The number of rotatable bonds is 4. The van der Waals surface area contributed by atoms with Gasteiger partial charge in [0.1, 0.15) is 11.3 Å². The maximum absolute atomic E-state index is 13.0. The van der Waals surface area contributed by atoms with Gasteiger partial charge in [-0.05, 0) is 62.2 Å². The number of aromatic nitrogens is 4. The summed E-state index contributed by atoms with van der Waals surface area (Å²) in [5, 5.41) is 14.6. The molecule has 3 heterocycles. The van der Waals surface area contributed by atoms with Gasteiger partial charge in [-0.15, -0.1) is 5.10 Å². The Morgan fingerprint density at radius 2 is 1.96 bits per heavy atom. The zero-order valence-corrected chi connectivity index (χ0v) is 14.5. The van der Waals surface area contributed by atoms with E-state index in [4.69, 9.17) is 0 Å². The molecule has 1 aromatic carbocycles. The number of anilines is 1. The molecule has 0 radical (unpaired) electrons. The molecule has 0 unspecified atom stereocenters. The lowest BCUT2D eigenvalue weighted by Gasteiger charge is -2.22. The number of hydrogen-bond acceptors (Lipinski definition) is 5. The number of nitrogens with one attached hydrogen (secondary N) is 2. The Labute approximate surface area is 153 Å². The van der Waals surface area contributed by atoms with Crippen LogP contribution in [0, 0.1) is 5.92 Å². The van der Waals surface area contributed by atoms with E-state index in [1.54, 1.807) is 12.1 Å². The lowest BCUT2D eigenvalue weighted by atomic mass is 9.98. The van der Waals surface area contributed by atoms with Crippen molar-refractivity contribution < 1.29 is 13.2 Å². The van der Waals surface area contributed by atoms with Gasteiger partial charge in [0.15, 0.2) is 5.65 Å². The SMILES string of the molecule is FC(F)(F)c1cccc(-n2nnc3ccc(NCC4CCNCC4)nc32)c1. The Kier molecular flexibility index (Phi) is 4.69. The largest absolute Gasteiger partial charge is 0.416 e. The summed E-state index contributed by atoms with van der Waals surface area (Å²) in [6.45, 7) is 2.85. The molecule has 0 spiro atoms. The fraction of sp³-hybridized carbons (Fsp3) is 0.389. The van der Waals surface area contributed by atoms with Crippen LogP contribution in [-0.4, -0.2) is 39.6 Å². The maximum Gasteiger partial charge on any atom is 0.416 e. The predicted octanol–water partition coefficient (Wildman–Crippen LogP) is 3.25. The van der Waals surface area contributed by atoms with Crippen LogP contribution in [0.3, 0.4) is 0 Å². The highest BCUT2D eigenvalue weighted by Crippen LogP contribution is 2.30. The molecule has 0 amide bonds. The Morgan fingerprint density at radius 3 is 2.74 bits per heavy atom. The lowest BCUT2D eigenvalue weighted by Crippen LogP contribution is -2.31. The predicted molar refractivity (Wildman–Crippen MR) is 95.7 cm³/mol. The summed E-state index contributed by atoms with van der Waals surface area (Å²) in [7, 11) is 0. The van der Waals surface area contributed by atoms with Crippen molar-refractivity contribution in [2.24, 2.45) is 5.92 Å². The molecular weight excluding hydrogens is 357 g/mol. The van der Waals surface area contributed by atoms with Crippen molar-refractivity contribution in [3.05, 3.63) is 42.0 Å². The molecule has 1 aliphatic heterocycles. The number of pyridine rings is 1. The summed E-state index contributed by atoms with van der Waals surface area (Å²) in [6, 6.07) is 8.57. The van der Waals surface area contributed by atoms with Gasteiger partial charge >= 0.3 is 6.18 Å². The number of piperidine rings is 1. The molecule has 0 atom stereocenters. The zero-order valence-electron chi connectivity index (χ0n) is 14.5. The average Bonchev–Trinajstić information content (AvgIpc) is 3.10. The van der Waals surface area contributed by atoms with Gasteiger partial charge in [0, 0.05) is 6.54 Å². The van der Waals surface area contributed by atoms with Crippen LogP contribution in [0.15, 0.2) is 36.4 Å². The van der Waals surface area contributed by atoms with Crippen molar-refractivity contribution in [2.75, 3.05) is 25.0 Å². The molecule has 2 aromatic heterocycles. The minimum Gasteiger partial charge on any atom is -0.370 e. The number of fused-ring (bicyclic) bond motifs is 1. The van der Waals surface area contributed by atoms with Gasteiger partial charge < -0.3 is 10.6 Å². The fourth-order valence-corrected chi connectivity index (χ4v) is 3.23. The number of benzene rings is 1. The third-order valence-electron chi connectivity index (χ3n) is 4.75. The second kappa shape index (κ2) is 7.15. The minimum atomic E-state index is -4.42. The third-order valence-corrected chi connectivity index (χ3v) is 4.75. The molecule has 3 aromatic rings. The number of nitrogens with zero attached hydrogens (tertiary/aromatic N) is 4. The van der Waals surface area contributed by atoms with E-state index < -0.39 is 11.7 Å². The third kappa shape index (κ3) is 3.87. The van der Waals surface area contributed by atoms with Gasteiger partial charge in [-0.1, -0.05) is 11.3 Å². The molecule has 27 heavy (non-hydrogen) atoms. The lowest BCUT2D eigenvalue weighted by molar-refractivity contribution is -0.137. The van der Waals surface area contributed by atoms with Crippen LogP contribution in [0.4, 0.5) is 19.0 Å². The van der Waals surface area contributed by atoms with E-state index >= 15 is 0 Å². The molecule has 9 heteroatoms. The first-order valence-electron chi connectivity index (χ1n) is 8.85. The van der Waals surface area contributed by atoms with Gasteiger partial charge in [0.05, 0.1) is 11.3 Å². The molecule has 0 bridgehead atoms. The summed E-state index contributed by atoms with van der Waals surface area (Å²) < 4.78 is 40.3. The Morgan fingerprint density at radius 1 is 1.15 bits per heavy atom. The fourth-order valence-electron chi connectivity index (χ4n) is 3.23. The average molecular weight is 376 g/mol. The number of halogens is 3. The van der Waals surface area contributed by atoms with Gasteiger partial charge in [0.25, 0.3) is 0 Å². The topological polar surface area (TPSA) is 67.7 Å². The molecule has 142 valence electrons. The van der Waals surface area contributed by atoms with Crippen molar-refractivity contribution in [1.29, 1.82) is 0 Å². The minimum absolute atomic E-state index is 0.273. The number of hydrogen-bond donors (Lipinski definition) is 2. The molecular formula is C18H19F3N6. The molecule has 1 aliphatic rings. The van der Waals surface area contributed by atoms with E-state index in [0.717, 1.165) is 44.6 Å². The highest BCUT2D eigenvalue weighted by Gasteiger charge is 2.30. The van der Waals surface area contributed by atoms with Crippen LogP contribution in [-0.2, 0) is 6.18 Å². The van der Waals surface area contributed by atoms with Crippen molar-refractivity contribution in [1.82, 2.24) is 25.3 Å². The van der Waals surface area contributed by atoms with Gasteiger partial charge in [0.2, 0.25) is 0 Å². The molecule has 1 saturated heterocycles. The van der Waals surface area contributed by atoms with Crippen molar-refractivity contribution in [3.8, 4) is 5.69 Å². The van der Waals surface area contributed by atoms with E-state index in [9.17, 15) is 13.2 Å². The first-order chi connectivity index (χ1) is 13.0. The quantitative estimate of drug-likeness (QED) is 0.732. The van der Waals surface area contributed by atoms with Crippen LogP contribution in [0.5, 0.6) is 0 Å². The summed E-state index contributed by atoms with van der Waals surface area (Å²) in [4.78, 5) is 4.52. The van der Waals surface area contributed by atoms with Crippen LogP contribution < -0.4 is 10.6 Å². The summed E-state index contributed by atoms with van der Waals surface area (Å²) >= 11 is 0. The number of alkyl halides is 3. The summed E-state index contributed by atoms with van der Waals surface area (Å²) in [5.74, 6) is 1.24. The Balaban J connectivity index is 1.60. The Bertz CT molecular complexity index is 930. The smallest absolute Gasteiger partial charge is 0.370 e. The van der Waals surface area contributed by atoms with Gasteiger partial charge in [-0.3, -0.25) is 0 Å². The highest BCUT2D eigenvalue weighted by molar-refractivity contribution is 5.74. The van der Waals surface area contributed by atoms with Crippen molar-refractivity contribution in [2.45, 2.75) is 19.0 Å². The van der Waals surface area contributed by atoms with E-state index in [1.807, 2.05) is 6.07 Å². The van der Waals surface area contributed by atoms with Crippen LogP contribution >= 0.6 is 0 Å². The summed E-state index contributed by atoms with van der Waals surface area (Å²) in [6.07, 6.45) is -2.20. The standard InChI is InChI=1S/C18H19F3N6/c19-18(20,21)13-2-1-3-14(10-13)27-17-15(25-26-27)4-5-16(24-17)23-11-12-6-8-22-9-7-12/h1-5,10,12,22H,6-9,11H2,(H,23,24). The monoisotopic (exact) mass is 376 g/mol. The molecule has 0 aliphatic carbocycles. The normalized spacial score (nSPS) is 16.0. The second-order valence-corrected chi connectivity index (χ2v) is 6.66. The van der Waals surface area contributed by atoms with Gasteiger partial charge in [-0.2, -0.15) is 17.9 Å². The second-order valence-electron chi connectivity index (χ2n) is 6.66. The van der Waals surface area contributed by atoms with Crippen molar-refractivity contribution >= 4 is 17.0 Å². The van der Waals surface area contributed by atoms with Gasteiger partial charge in [-0.25, -0.2) is 4.98 Å². The molecule has 6 nitrogen and oxygen atoms in total. The highest BCUT2D eigenvalue weighted by atomic mass is 19.4. The molecule has 2 N–H and O–H groups in total. The van der Waals surface area contributed by atoms with Crippen LogP contribution in [0.1, 0.15) is 18.4 Å². The van der Waals surface area contributed by atoms with E-state index in [1.165, 1.54) is 10.7 Å². The summed E-state index contributed by atoms with van der Waals surface area (Å²) in [5.41, 5.74) is 0.489. The first kappa shape index (κ1) is 17.7. The van der Waals surface area contributed by atoms with E-state index in [2.05, 4.69) is 25.9 Å². The van der Waals surface area contributed by atoms with Crippen LogP contribution in [0.2, 0.25) is 0 Å². The first-order valence-corrected chi connectivity index (χ1v) is 8.85. The molecule has 0 saturated carbocycles. The zero-order chi connectivity index (χ0) is 18.9. The van der Waals surface area contributed by atoms with Crippen LogP contribution in [0.25, 0.3) is 16.9 Å². The maximum atomic E-state index is 13.0. The van der Waals surface area contributed by atoms with E-state index in [-0.39, 0.29) is 5.69 Å². The van der Waals surface area contributed by atoms with Crippen molar-refractivity contribution in [3.63, 3.8) is 0 Å². The van der Waals surface area contributed by atoms with E-state index in [0.29, 0.717) is 22.9 Å². The molecule has 4 rings (SSSR count).